The van der Waals surface area contributed by atoms with Gasteiger partial charge in [0.05, 0.1) is 14.2 Å². The van der Waals surface area contributed by atoms with E-state index in [4.69, 9.17) is 14.7 Å². The standard InChI is InChI=1S/C15H16N2O2S/c1-18-14-6-3-11(7-15(14)19-2)9-17-10-13-5-4-12(8-16)20-13/h3-7,17H,9-10H2,1-2H3. The zero-order valence-corrected chi connectivity index (χ0v) is 12.3. The zero-order chi connectivity index (χ0) is 14.4. The second kappa shape index (κ2) is 6.94. The molecule has 0 radical (unpaired) electrons. The highest BCUT2D eigenvalue weighted by Crippen LogP contribution is 2.27. The molecule has 20 heavy (non-hydrogen) atoms. The quantitative estimate of drug-likeness (QED) is 0.888. The maximum atomic E-state index is 8.78. The molecule has 2 rings (SSSR count). The molecule has 4 nitrogen and oxygen atoms in total. The molecule has 1 aromatic heterocycles. The molecular formula is C15H16N2O2S. The van der Waals surface area contributed by atoms with Gasteiger partial charge < -0.3 is 14.8 Å². The highest BCUT2D eigenvalue weighted by Gasteiger charge is 2.04. The molecule has 0 aliphatic carbocycles. The first-order valence-corrected chi connectivity index (χ1v) is 6.99. The summed E-state index contributed by atoms with van der Waals surface area (Å²) in [6.45, 7) is 1.49. The third kappa shape index (κ3) is 3.50. The Labute approximate surface area is 122 Å². The minimum absolute atomic E-state index is 0.730. The molecule has 0 spiro atoms. The predicted octanol–water partition coefficient (Wildman–Crippen LogP) is 2.93. The van der Waals surface area contributed by atoms with Crippen molar-refractivity contribution in [3.05, 3.63) is 45.6 Å². The van der Waals surface area contributed by atoms with E-state index >= 15 is 0 Å². The predicted molar refractivity (Wildman–Crippen MR) is 79.1 cm³/mol. The molecule has 5 heteroatoms. The molecule has 0 unspecified atom stereocenters. The van der Waals surface area contributed by atoms with Crippen LogP contribution in [0.3, 0.4) is 0 Å². The smallest absolute Gasteiger partial charge is 0.161 e. The number of benzene rings is 1. The molecule has 1 N–H and O–H groups in total. The Morgan fingerprint density at radius 3 is 2.55 bits per heavy atom. The summed E-state index contributed by atoms with van der Waals surface area (Å²) in [5.41, 5.74) is 1.12. The van der Waals surface area contributed by atoms with E-state index in [1.165, 1.54) is 11.3 Å². The average molecular weight is 288 g/mol. The van der Waals surface area contributed by atoms with Gasteiger partial charge in [-0.25, -0.2) is 0 Å². The van der Waals surface area contributed by atoms with E-state index in [1.54, 1.807) is 14.2 Å². The number of nitrogens with one attached hydrogen (secondary N) is 1. The van der Waals surface area contributed by atoms with Crippen molar-refractivity contribution in [1.29, 1.82) is 5.26 Å². The lowest BCUT2D eigenvalue weighted by molar-refractivity contribution is 0.354. The monoisotopic (exact) mass is 288 g/mol. The lowest BCUT2D eigenvalue weighted by Gasteiger charge is -2.10. The number of hydrogen-bond donors (Lipinski definition) is 1. The van der Waals surface area contributed by atoms with Crippen LogP contribution in [0.1, 0.15) is 15.3 Å². The van der Waals surface area contributed by atoms with Crippen molar-refractivity contribution in [1.82, 2.24) is 5.32 Å². The van der Waals surface area contributed by atoms with Gasteiger partial charge >= 0.3 is 0 Å². The summed E-state index contributed by atoms with van der Waals surface area (Å²) in [5, 5.41) is 12.1. The van der Waals surface area contributed by atoms with Crippen molar-refractivity contribution in [2.24, 2.45) is 0 Å². The molecule has 2 aromatic rings. The first-order valence-electron chi connectivity index (χ1n) is 6.17. The van der Waals surface area contributed by atoms with Gasteiger partial charge in [-0.05, 0) is 29.8 Å². The van der Waals surface area contributed by atoms with Crippen LogP contribution in [-0.2, 0) is 13.1 Å². The fraction of sp³-hybridized carbons (Fsp3) is 0.267. The van der Waals surface area contributed by atoms with Gasteiger partial charge in [0, 0.05) is 18.0 Å². The molecule has 104 valence electrons. The topological polar surface area (TPSA) is 54.3 Å². The molecule has 0 aliphatic rings. The van der Waals surface area contributed by atoms with Crippen LogP contribution in [-0.4, -0.2) is 14.2 Å². The van der Waals surface area contributed by atoms with Crippen LogP contribution in [0.2, 0.25) is 0 Å². The second-order valence-corrected chi connectivity index (χ2v) is 5.34. The number of thiophene rings is 1. The molecular weight excluding hydrogens is 272 g/mol. The van der Waals surface area contributed by atoms with Crippen LogP contribution in [0.15, 0.2) is 30.3 Å². The lowest BCUT2D eigenvalue weighted by Crippen LogP contribution is -2.11. The molecule has 0 saturated carbocycles. The highest BCUT2D eigenvalue weighted by atomic mass is 32.1. The van der Waals surface area contributed by atoms with E-state index in [9.17, 15) is 0 Å². The minimum atomic E-state index is 0.730. The van der Waals surface area contributed by atoms with E-state index in [0.29, 0.717) is 0 Å². The van der Waals surface area contributed by atoms with Crippen molar-refractivity contribution in [3.8, 4) is 17.6 Å². The molecule has 0 aliphatic heterocycles. The van der Waals surface area contributed by atoms with Crippen LogP contribution in [0.5, 0.6) is 11.5 Å². The van der Waals surface area contributed by atoms with Gasteiger partial charge in [-0.1, -0.05) is 6.07 Å². The molecule has 0 fully saturated rings. The van der Waals surface area contributed by atoms with Crippen LogP contribution in [0.4, 0.5) is 0 Å². The number of nitrogens with zero attached hydrogens (tertiary/aromatic N) is 1. The van der Waals surface area contributed by atoms with Gasteiger partial charge in [-0.2, -0.15) is 5.26 Å². The van der Waals surface area contributed by atoms with Crippen LogP contribution >= 0.6 is 11.3 Å². The molecule has 1 aromatic carbocycles. The van der Waals surface area contributed by atoms with Gasteiger partial charge in [-0.15, -0.1) is 11.3 Å². The van der Waals surface area contributed by atoms with Gasteiger partial charge in [0.1, 0.15) is 10.9 Å². The summed E-state index contributed by atoms with van der Waals surface area (Å²) >= 11 is 1.51. The fourth-order valence-corrected chi connectivity index (χ4v) is 2.63. The van der Waals surface area contributed by atoms with E-state index < -0.39 is 0 Å². The molecule has 0 atom stereocenters. The third-order valence-electron chi connectivity index (χ3n) is 2.85. The number of ether oxygens (including phenoxy) is 2. The third-order valence-corrected chi connectivity index (χ3v) is 3.84. The maximum absolute atomic E-state index is 8.78. The summed E-state index contributed by atoms with van der Waals surface area (Å²) in [4.78, 5) is 1.90. The van der Waals surface area contributed by atoms with Crippen molar-refractivity contribution in [2.45, 2.75) is 13.1 Å². The molecule has 0 amide bonds. The molecule has 0 saturated heterocycles. The summed E-state index contributed by atoms with van der Waals surface area (Å²) in [7, 11) is 3.25. The summed E-state index contributed by atoms with van der Waals surface area (Å²) < 4.78 is 10.5. The van der Waals surface area contributed by atoms with Crippen LogP contribution in [0.25, 0.3) is 0 Å². The zero-order valence-electron chi connectivity index (χ0n) is 11.5. The highest BCUT2D eigenvalue weighted by molar-refractivity contribution is 7.12. The molecule has 0 bridgehead atoms. The minimum Gasteiger partial charge on any atom is -0.493 e. The molecule has 1 heterocycles. The number of rotatable bonds is 6. The van der Waals surface area contributed by atoms with Gasteiger partial charge in [0.2, 0.25) is 0 Å². The van der Waals surface area contributed by atoms with Crippen molar-refractivity contribution >= 4 is 11.3 Å². The van der Waals surface area contributed by atoms with Gasteiger partial charge in [0.15, 0.2) is 11.5 Å². The second-order valence-electron chi connectivity index (χ2n) is 4.17. The van der Waals surface area contributed by atoms with E-state index in [2.05, 4.69) is 11.4 Å². The fourth-order valence-electron chi connectivity index (χ4n) is 1.85. The van der Waals surface area contributed by atoms with E-state index in [-0.39, 0.29) is 0 Å². The first-order chi connectivity index (χ1) is 9.76. The first kappa shape index (κ1) is 14.4. The summed E-state index contributed by atoms with van der Waals surface area (Å²) in [6, 6.07) is 11.8. The average Bonchev–Trinajstić information content (AvgIpc) is 2.95. The Balaban J connectivity index is 1.92. The Morgan fingerprint density at radius 2 is 1.90 bits per heavy atom. The number of hydrogen-bond acceptors (Lipinski definition) is 5. The maximum Gasteiger partial charge on any atom is 0.161 e. The van der Waals surface area contributed by atoms with Crippen LogP contribution < -0.4 is 14.8 Å². The van der Waals surface area contributed by atoms with E-state index in [0.717, 1.165) is 39.9 Å². The Bertz CT molecular complexity index is 617. The van der Waals surface area contributed by atoms with Crippen LogP contribution in [0, 0.1) is 11.3 Å². The number of nitriles is 1. The lowest BCUT2D eigenvalue weighted by atomic mass is 10.2. The summed E-state index contributed by atoms with van der Waals surface area (Å²) in [5.74, 6) is 1.46. The summed E-state index contributed by atoms with van der Waals surface area (Å²) in [6.07, 6.45) is 0. The Hall–Kier alpha value is -2.03. The van der Waals surface area contributed by atoms with Gasteiger partial charge in [0.25, 0.3) is 0 Å². The normalized spacial score (nSPS) is 10.1. The Morgan fingerprint density at radius 1 is 1.10 bits per heavy atom. The Kier molecular flexibility index (Phi) is 4.99. The van der Waals surface area contributed by atoms with E-state index in [1.807, 2.05) is 30.3 Å². The van der Waals surface area contributed by atoms with Gasteiger partial charge in [-0.3, -0.25) is 0 Å². The SMILES string of the molecule is COc1ccc(CNCc2ccc(C#N)s2)cc1OC. The largest absolute Gasteiger partial charge is 0.493 e. The number of methoxy groups -OCH3 is 2. The van der Waals surface area contributed by atoms with Crippen molar-refractivity contribution in [2.75, 3.05) is 14.2 Å². The van der Waals surface area contributed by atoms with Crippen molar-refractivity contribution < 1.29 is 9.47 Å². The van der Waals surface area contributed by atoms with Crippen molar-refractivity contribution in [3.63, 3.8) is 0 Å².